The van der Waals surface area contributed by atoms with Gasteiger partial charge in [-0.05, 0) is 51.9 Å². The Bertz CT molecular complexity index is 322. The van der Waals surface area contributed by atoms with E-state index in [-0.39, 0.29) is 12.2 Å². The molecule has 2 aliphatic rings. The molecule has 1 amide bonds. The van der Waals surface area contributed by atoms with Gasteiger partial charge in [-0.1, -0.05) is 0 Å². The first-order chi connectivity index (χ1) is 8.78. The molecule has 1 unspecified atom stereocenters. The van der Waals surface area contributed by atoms with Crippen LogP contribution in [0, 0.1) is 5.41 Å². The lowest BCUT2D eigenvalue weighted by atomic mass is 9.62. The van der Waals surface area contributed by atoms with Crippen LogP contribution in [0.4, 0.5) is 4.79 Å². The molecule has 0 aromatic carbocycles. The molecule has 110 valence electrons. The molecule has 1 spiro atoms. The lowest BCUT2D eigenvalue weighted by molar-refractivity contribution is -0.101. The third kappa shape index (κ3) is 4.08. The van der Waals surface area contributed by atoms with E-state index in [4.69, 9.17) is 15.2 Å². The minimum Gasteiger partial charge on any atom is -0.444 e. The highest BCUT2D eigenvalue weighted by atomic mass is 16.6. The average Bonchev–Trinajstić information content (AvgIpc) is 2.24. The largest absolute Gasteiger partial charge is 0.444 e. The summed E-state index contributed by atoms with van der Waals surface area (Å²) < 4.78 is 11.0. The zero-order valence-corrected chi connectivity index (χ0v) is 12.2. The number of hydrogen-bond acceptors (Lipinski definition) is 4. The van der Waals surface area contributed by atoms with Crippen LogP contribution in [0.25, 0.3) is 0 Å². The highest BCUT2D eigenvalue weighted by Gasteiger charge is 2.45. The second kappa shape index (κ2) is 5.29. The van der Waals surface area contributed by atoms with Gasteiger partial charge in [-0.2, -0.15) is 0 Å². The van der Waals surface area contributed by atoms with Crippen molar-refractivity contribution in [3.63, 3.8) is 0 Å². The van der Waals surface area contributed by atoms with Crippen molar-refractivity contribution < 1.29 is 14.3 Å². The lowest BCUT2D eigenvalue weighted by Gasteiger charge is -2.50. The van der Waals surface area contributed by atoms with E-state index in [9.17, 15) is 4.79 Å². The Morgan fingerprint density at radius 3 is 2.63 bits per heavy atom. The fourth-order valence-corrected chi connectivity index (χ4v) is 2.96. The number of amides is 1. The number of carbonyl (C=O) groups excluding carboxylic acids is 1. The molecule has 3 N–H and O–H groups in total. The van der Waals surface area contributed by atoms with Crippen molar-refractivity contribution in [1.29, 1.82) is 0 Å². The van der Waals surface area contributed by atoms with Crippen LogP contribution in [0.3, 0.4) is 0 Å². The monoisotopic (exact) mass is 270 g/mol. The molecule has 1 saturated heterocycles. The van der Waals surface area contributed by atoms with Crippen LogP contribution >= 0.6 is 0 Å². The van der Waals surface area contributed by atoms with Gasteiger partial charge in [0.25, 0.3) is 0 Å². The summed E-state index contributed by atoms with van der Waals surface area (Å²) in [5, 5.41) is 2.77. The van der Waals surface area contributed by atoms with E-state index < -0.39 is 5.60 Å². The number of nitrogens with two attached hydrogens (primary N) is 1. The molecule has 19 heavy (non-hydrogen) atoms. The first-order valence-corrected chi connectivity index (χ1v) is 7.12. The summed E-state index contributed by atoms with van der Waals surface area (Å²) in [5.41, 5.74) is 5.73. The second-order valence-corrected chi connectivity index (χ2v) is 7.02. The second-order valence-electron chi connectivity index (χ2n) is 7.02. The summed E-state index contributed by atoms with van der Waals surface area (Å²) in [4.78, 5) is 11.5. The summed E-state index contributed by atoms with van der Waals surface area (Å²) >= 11 is 0. The predicted molar refractivity (Wildman–Crippen MR) is 72.9 cm³/mol. The number of carbonyl (C=O) groups is 1. The highest BCUT2D eigenvalue weighted by Crippen LogP contribution is 2.47. The van der Waals surface area contributed by atoms with Crippen LogP contribution in [-0.2, 0) is 9.47 Å². The number of hydrogen-bond donors (Lipinski definition) is 2. The Hall–Kier alpha value is -0.810. The van der Waals surface area contributed by atoms with E-state index in [1.165, 1.54) is 0 Å². The van der Waals surface area contributed by atoms with Crippen molar-refractivity contribution in [2.75, 3.05) is 13.2 Å². The maximum absolute atomic E-state index is 11.5. The number of nitrogens with one attached hydrogen (secondary N) is 1. The smallest absolute Gasteiger partial charge is 0.407 e. The maximum atomic E-state index is 11.5. The summed E-state index contributed by atoms with van der Waals surface area (Å²) in [6.45, 7) is 6.87. The molecule has 1 aliphatic heterocycles. The topological polar surface area (TPSA) is 73.6 Å². The van der Waals surface area contributed by atoms with E-state index >= 15 is 0 Å². The van der Waals surface area contributed by atoms with E-state index in [0.717, 1.165) is 32.3 Å². The van der Waals surface area contributed by atoms with Crippen molar-refractivity contribution in [3.8, 4) is 0 Å². The summed E-state index contributed by atoms with van der Waals surface area (Å²) in [5.74, 6) is 0. The molecule has 2 fully saturated rings. The first-order valence-electron chi connectivity index (χ1n) is 7.12. The average molecular weight is 270 g/mol. The SMILES string of the molecule is CC(C)(C)OC(=O)NCC1CCC2(CO1)CC(N)C2. The zero-order chi connectivity index (χ0) is 14.1. The fraction of sp³-hybridized carbons (Fsp3) is 0.929. The summed E-state index contributed by atoms with van der Waals surface area (Å²) in [6.07, 6.45) is 4.04. The summed E-state index contributed by atoms with van der Waals surface area (Å²) in [7, 11) is 0. The molecule has 0 aromatic rings. The molecule has 1 saturated carbocycles. The molecule has 5 nitrogen and oxygen atoms in total. The third-order valence-corrected chi connectivity index (χ3v) is 3.89. The molecule has 5 heteroatoms. The Labute approximate surface area is 115 Å². The molecule has 0 aromatic heterocycles. The third-order valence-electron chi connectivity index (χ3n) is 3.89. The van der Waals surface area contributed by atoms with Gasteiger partial charge in [0.2, 0.25) is 0 Å². The molecule has 1 atom stereocenters. The number of ether oxygens (including phenoxy) is 2. The predicted octanol–water partition coefficient (Wildman–Crippen LogP) is 1.80. The molecular weight excluding hydrogens is 244 g/mol. The molecular formula is C14H26N2O3. The van der Waals surface area contributed by atoms with Crippen LogP contribution in [0.5, 0.6) is 0 Å². The van der Waals surface area contributed by atoms with Gasteiger partial charge >= 0.3 is 6.09 Å². The Balaban J connectivity index is 1.65. The van der Waals surface area contributed by atoms with Crippen molar-refractivity contribution in [2.24, 2.45) is 11.1 Å². The van der Waals surface area contributed by atoms with Crippen molar-refractivity contribution in [3.05, 3.63) is 0 Å². The van der Waals surface area contributed by atoms with Gasteiger partial charge in [0.15, 0.2) is 0 Å². The van der Waals surface area contributed by atoms with Crippen molar-refractivity contribution in [2.45, 2.75) is 64.2 Å². The number of rotatable bonds is 2. The lowest BCUT2D eigenvalue weighted by Crippen LogP contribution is -2.52. The van der Waals surface area contributed by atoms with Gasteiger partial charge in [-0.15, -0.1) is 0 Å². The van der Waals surface area contributed by atoms with E-state index in [2.05, 4.69) is 5.32 Å². The minimum atomic E-state index is -0.455. The van der Waals surface area contributed by atoms with Gasteiger partial charge < -0.3 is 20.5 Å². The highest BCUT2D eigenvalue weighted by molar-refractivity contribution is 5.67. The maximum Gasteiger partial charge on any atom is 0.407 e. The quantitative estimate of drug-likeness (QED) is 0.802. The van der Waals surface area contributed by atoms with Crippen LogP contribution in [0.1, 0.15) is 46.5 Å². The van der Waals surface area contributed by atoms with Gasteiger partial charge in [0.1, 0.15) is 5.60 Å². The van der Waals surface area contributed by atoms with Crippen LogP contribution < -0.4 is 11.1 Å². The standard InChI is InChI=1S/C14H26N2O3/c1-13(2,3)19-12(17)16-8-11-4-5-14(9-18-11)6-10(15)7-14/h10-11H,4-9,15H2,1-3H3,(H,16,17). The Morgan fingerprint density at radius 2 is 2.16 bits per heavy atom. The van der Waals surface area contributed by atoms with Crippen LogP contribution in [0.2, 0.25) is 0 Å². The Morgan fingerprint density at radius 1 is 1.47 bits per heavy atom. The molecule has 2 rings (SSSR count). The van der Waals surface area contributed by atoms with Gasteiger partial charge in [-0.3, -0.25) is 0 Å². The van der Waals surface area contributed by atoms with Crippen molar-refractivity contribution >= 4 is 6.09 Å². The molecule has 1 heterocycles. The normalized spacial score (nSPS) is 34.7. The van der Waals surface area contributed by atoms with Gasteiger partial charge in [0.05, 0.1) is 12.7 Å². The first kappa shape index (κ1) is 14.6. The van der Waals surface area contributed by atoms with Gasteiger partial charge in [0, 0.05) is 12.6 Å². The van der Waals surface area contributed by atoms with Crippen LogP contribution in [-0.4, -0.2) is 37.0 Å². The summed E-state index contributed by atoms with van der Waals surface area (Å²) in [6, 6.07) is 0.361. The molecule has 1 aliphatic carbocycles. The van der Waals surface area contributed by atoms with Gasteiger partial charge in [-0.25, -0.2) is 4.79 Å². The molecule has 0 bridgehead atoms. The number of alkyl carbamates (subject to hydrolysis) is 1. The Kier molecular flexibility index (Phi) is 4.06. The van der Waals surface area contributed by atoms with E-state index in [1.807, 2.05) is 20.8 Å². The zero-order valence-electron chi connectivity index (χ0n) is 12.2. The molecule has 0 radical (unpaired) electrons. The van der Waals surface area contributed by atoms with Crippen molar-refractivity contribution in [1.82, 2.24) is 5.32 Å². The van der Waals surface area contributed by atoms with Crippen LogP contribution in [0.15, 0.2) is 0 Å². The minimum absolute atomic E-state index is 0.106. The van der Waals surface area contributed by atoms with E-state index in [0.29, 0.717) is 18.0 Å². The fourth-order valence-electron chi connectivity index (χ4n) is 2.96. The van der Waals surface area contributed by atoms with E-state index in [1.54, 1.807) is 0 Å².